The Morgan fingerprint density at radius 3 is 2.68 bits per heavy atom. The molecule has 2 aromatic heterocycles. The van der Waals surface area contributed by atoms with Gasteiger partial charge in [0.25, 0.3) is 0 Å². The second kappa shape index (κ2) is 8.12. The number of halogens is 3. The highest BCUT2D eigenvalue weighted by Crippen LogP contribution is 2.20. The van der Waals surface area contributed by atoms with Gasteiger partial charge in [0.2, 0.25) is 5.91 Å². The molecule has 1 aromatic carbocycles. The summed E-state index contributed by atoms with van der Waals surface area (Å²) >= 11 is 11.5. The summed E-state index contributed by atoms with van der Waals surface area (Å²) in [6.45, 7) is 3.04. The van der Waals surface area contributed by atoms with Crippen LogP contribution in [0.3, 0.4) is 0 Å². The molecule has 0 unspecified atom stereocenters. The number of aryl methyl sites for hydroxylation is 1. The number of benzene rings is 1. The molecule has 28 heavy (non-hydrogen) atoms. The maximum atomic E-state index is 13.6. The van der Waals surface area contributed by atoms with E-state index in [-0.39, 0.29) is 11.6 Å². The fourth-order valence-corrected chi connectivity index (χ4v) is 2.90. The molecule has 2 heterocycles. The summed E-state index contributed by atoms with van der Waals surface area (Å²) in [4.78, 5) is 29.0. The molecule has 0 aliphatic heterocycles. The summed E-state index contributed by atoms with van der Waals surface area (Å²) in [7, 11) is 0. The third-order valence-electron chi connectivity index (χ3n) is 4.06. The van der Waals surface area contributed by atoms with Gasteiger partial charge < -0.3 is 5.32 Å². The minimum atomic E-state index is -0.568. The molecule has 0 spiro atoms. The molecule has 0 bridgehead atoms. The first kappa shape index (κ1) is 20.0. The third kappa shape index (κ3) is 4.23. The van der Waals surface area contributed by atoms with Crippen LogP contribution in [0.25, 0.3) is 5.82 Å². The molecule has 0 radical (unpaired) electrons. The van der Waals surface area contributed by atoms with Crippen LogP contribution in [0.2, 0.25) is 10.0 Å². The van der Waals surface area contributed by atoms with Crippen molar-refractivity contribution in [3.63, 3.8) is 0 Å². The number of pyridine rings is 1. The number of nitrogens with zero attached hydrogens (tertiary/aromatic N) is 4. The number of carbonyl (C=O) groups excluding carboxylic acids is 1. The van der Waals surface area contributed by atoms with Crippen LogP contribution in [-0.2, 0) is 11.3 Å². The highest BCUT2D eigenvalue weighted by Gasteiger charge is 2.17. The van der Waals surface area contributed by atoms with Gasteiger partial charge in [0.15, 0.2) is 0 Å². The Bertz CT molecular complexity index is 1080. The molecule has 0 fully saturated rings. The number of aromatic nitrogens is 4. The van der Waals surface area contributed by atoms with Gasteiger partial charge >= 0.3 is 5.69 Å². The van der Waals surface area contributed by atoms with Crippen LogP contribution in [-0.4, -0.2) is 25.2 Å². The number of nitrogens with one attached hydrogen (secondary N) is 1. The van der Waals surface area contributed by atoms with Crippen molar-refractivity contribution >= 4 is 29.1 Å². The molecular weight excluding hydrogens is 408 g/mol. The largest absolute Gasteiger partial charge is 0.352 e. The fourth-order valence-electron chi connectivity index (χ4n) is 2.67. The highest BCUT2D eigenvalue weighted by atomic mass is 35.5. The maximum Gasteiger partial charge on any atom is 0.352 e. The average Bonchev–Trinajstić information content (AvgIpc) is 2.91. The molecule has 10 heteroatoms. The molecule has 0 saturated carbocycles. The van der Waals surface area contributed by atoms with E-state index < -0.39 is 23.5 Å². The van der Waals surface area contributed by atoms with E-state index >= 15 is 0 Å². The van der Waals surface area contributed by atoms with E-state index in [4.69, 9.17) is 23.2 Å². The zero-order valence-corrected chi connectivity index (χ0v) is 16.5. The van der Waals surface area contributed by atoms with Gasteiger partial charge in [-0.1, -0.05) is 29.3 Å². The van der Waals surface area contributed by atoms with Crippen LogP contribution in [0, 0.1) is 12.7 Å². The zero-order valence-electron chi connectivity index (χ0n) is 15.0. The monoisotopic (exact) mass is 423 g/mol. The third-order valence-corrected chi connectivity index (χ3v) is 4.59. The highest BCUT2D eigenvalue weighted by molar-refractivity contribution is 6.30. The van der Waals surface area contributed by atoms with E-state index in [9.17, 15) is 14.0 Å². The lowest BCUT2D eigenvalue weighted by atomic mass is 10.1. The maximum absolute atomic E-state index is 13.6. The molecule has 1 amide bonds. The van der Waals surface area contributed by atoms with E-state index in [2.05, 4.69) is 15.4 Å². The van der Waals surface area contributed by atoms with Crippen LogP contribution >= 0.6 is 23.2 Å². The zero-order chi connectivity index (χ0) is 20.4. The van der Waals surface area contributed by atoms with Gasteiger partial charge in [0.05, 0.1) is 16.1 Å². The minimum absolute atomic E-state index is 0.00523. The summed E-state index contributed by atoms with van der Waals surface area (Å²) in [6.07, 6.45) is 1.42. The number of carbonyl (C=O) groups is 1. The standard InChI is InChI=1S/C18H16Cl2FN5O2/c1-10(12-3-5-14(20)15(21)7-12)23-17(27)9-25-18(28)26(11(2)24-25)16-6-4-13(19)8-22-16/h3-8,10H,9H2,1-2H3,(H,23,27)/t10-/m0/s1. The summed E-state index contributed by atoms with van der Waals surface area (Å²) < 4.78 is 15.9. The molecule has 0 saturated heterocycles. The number of hydrogen-bond donors (Lipinski definition) is 1. The van der Waals surface area contributed by atoms with E-state index in [1.165, 1.54) is 22.9 Å². The number of rotatable bonds is 5. The van der Waals surface area contributed by atoms with Crippen LogP contribution in [0.1, 0.15) is 24.4 Å². The molecule has 1 N–H and O–H groups in total. The Hall–Kier alpha value is -2.71. The smallest absolute Gasteiger partial charge is 0.348 e. The predicted octanol–water partition coefficient (Wildman–Crippen LogP) is 3.06. The molecule has 3 rings (SSSR count). The van der Waals surface area contributed by atoms with Crippen LogP contribution < -0.4 is 11.0 Å². The summed E-state index contributed by atoms with van der Waals surface area (Å²) in [5, 5.41) is 7.26. The first-order valence-corrected chi connectivity index (χ1v) is 9.04. The summed E-state index contributed by atoms with van der Waals surface area (Å²) in [5.41, 5.74) is 0.0438. The van der Waals surface area contributed by atoms with Crippen LogP contribution in [0.5, 0.6) is 0 Å². The lowest BCUT2D eigenvalue weighted by Gasteiger charge is -2.14. The van der Waals surface area contributed by atoms with Crippen LogP contribution in [0.15, 0.2) is 41.3 Å². The van der Waals surface area contributed by atoms with Gasteiger partial charge in [-0.3, -0.25) is 4.79 Å². The topological polar surface area (TPSA) is 81.8 Å². The Kier molecular flexibility index (Phi) is 5.81. The van der Waals surface area contributed by atoms with Crippen molar-refractivity contribution in [3.8, 4) is 5.82 Å². The van der Waals surface area contributed by atoms with E-state index in [1.807, 2.05) is 0 Å². The van der Waals surface area contributed by atoms with E-state index in [0.29, 0.717) is 22.2 Å². The van der Waals surface area contributed by atoms with Gasteiger partial charge in [-0.25, -0.2) is 23.4 Å². The molecule has 3 aromatic rings. The van der Waals surface area contributed by atoms with Gasteiger partial charge in [0, 0.05) is 6.20 Å². The van der Waals surface area contributed by atoms with Crippen molar-refractivity contribution < 1.29 is 9.18 Å². The molecule has 1 atom stereocenters. The molecular formula is C18H16Cl2FN5O2. The minimum Gasteiger partial charge on any atom is -0.348 e. The summed E-state index contributed by atoms with van der Waals surface area (Å²) in [6, 6.07) is 7.00. The lowest BCUT2D eigenvalue weighted by molar-refractivity contribution is -0.122. The van der Waals surface area contributed by atoms with Crippen molar-refractivity contribution in [1.82, 2.24) is 24.6 Å². The van der Waals surface area contributed by atoms with Gasteiger partial charge in [-0.05, 0) is 43.7 Å². The van der Waals surface area contributed by atoms with Crippen molar-refractivity contribution in [2.75, 3.05) is 0 Å². The second-order valence-electron chi connectivity index (χ2n) is 6.12. The second-order valence-corrected chi connectivity index (χ2v) is 6.96. The van der Waals surface area contributed by atoms with Crippen LogP contribution in [0.4, 0.5) is 4.39 Å². The molecule has 7 nitrogen and oxygen atoms in total. The average molecular weight is 424 g/mol. The molecule has 0 aliphatic rings. The predicted molar refractivity (Wildman–Crippen MR) is 103 cm³/mol. The Morgan fingerprint density at radius 1 is 1.29 bits per heavy atom. The summed E-state index contributed by atoms with van der Waals surface area (Å²) in [5.74, 6) is -0.288. The number of amides is 1. The normalized spacial score (nSPS) is 12.0. The Balaban J connectivity index is 1.75. The SMILES string of the molecule is Cc1nn(CC(=O)N[C@@H](C)c2ccc(Cl)c(F)c2)c(=O)n1-c1ccc(Cl)cn1. The quantitative estimate of drug-likeness (QED) is 0.683. The van der Waals surface area contributed by atoms with Crippen molar-refractivity contribution in [2.24, 2.45) is 0 Å². The fraction of sp³-hybridized carbons (Fsp3) is 0.222. The molecule has 0 aliphatic carbocycles. The lowest BCUT2D eigenvalue weighted by Crippen LogP contribution is -2.34. The van der Waals surface area contributed by atoms with Gasteiger partial charge in [-0.15, -0.1) is 0 Å². The van der Waals surface area contributed by atoms with Crippen molar-refractivity contribution in [2.45, 2.75) is 26.4 Å². The first-order chi connectivity index (χ1) is 13.3. The number of hydrogen-bond acceptors (Lipinski definition) is 4. The van der Waals surface area contributed by atoms with Crippen molar-refractivity contribution in [3.05, 3.63) is 74.3 Å². The van der Waals surface area contributed by atoms with Gasteiger partial charge in [0.1, 0.15) is 24.0 Å². The Labute approximate surface area is 169 Å². The molecule has 146 valence electrons. The first-order valence-electron chi connectivity index (χ1n) is 8.29. The van der Waals surface area contributed by atoms with Crippen molar-refractivity contribution in [1.29, 1.82) is 0 Å². The van der Waals surface area contributed by atoms with E-state index in [0.717, 1.165) is 4.68 Å². The van der Waals surface area contributed by atoms with Gasteiger partial charge in [-0.2, -0.15) is 5.10 Å². The Morgan fingerprint density at radius 2 is 2.04 bits per heavy atom. The van der Waals surface area contributed by atoms with E-state index in [1.54, 1.807) is 32.0 Å².